The molecular formula is C28H20F3N3O2. The maximum Gasteiger partial charge on any atom is 0.309 e. The highest BCUT2D eigenvalue weighted by atomic mass is 19.2. The zero-order valence-electron chi connectivity index (χ0n) is 19.0. The quantitative estimate of drug-likeness (QED) is 0.303. The summed E-state index contributed by atoms with van der Waals surface area (Å²) in [5.41, 5.74) is 3.52. The molecule has 0 amide bonds. The van der Waals surface area contributed by atoms with Crippen LogP contribution in [0.4, 0.5) is 13.2 Å². The van der Waals surface area contributed by atoms with Gasteiger partial charge in [0, 0.05) is 30.7 Å². The van der Waals surface area contributed by atoms with Crippen LogP contribution >= 0.6 is 0 Å². The second kappa shape index (κ2) is 9.65. The summed E-state index contributed by atoms with van der Waals surface area (Å²) in [6.07, 6.45) is 1.52. The number of rotatable bonds is 7. The lowest BCUT2D eigenvalue weighted by Crippen LogP contribution is -2.08. The molecule has 36 heavy (non-hydrogen) atoms. The molecule has 5 aromatic rings. The number of carboxylic acid groups (broad SMARTS) is 1. The summed E-state index contributed by atoms with van der Waals surface area (Å²) >= 11 is 0. The average Bonchev–Trinajstić information content (AvgIpc) is 3.20. The lowest BCUT2D eigenvalue weighted by molar-refractivity contribution is -0.136. The molecule has 0 fully saturated rings. The summed E-state index contributed by atoms with van der Waals surface area (Å²) < 4.78 is 44.0. The highest BCUT2D eigenvalue weighted by Crippen LogP contribution is 2.27. The third kappa shape index (κ3) is 4.70. The SMILES string of the molecule is O=C(O)Cc1c(Cc2ccccc2)nc2c(Cc3cc(F)cc(F)c3F)nc(-c3ccccc3)cn12. The van der Waals surface area contributed by atoms with E-state index in [9.17, 15) is 23.1 Å². The molecule has 3 aromatic carbocycles. The molecule has 2 aromatic heterocycles. The number of halogens is 3. The average molecular weight is 487 g/mol. The molecule has 0 spiro atoms. The summed E-state index contributed by atoms with van der Waals surface area (Å²) in [6.45, 7) is 0. The molecule has 0 saturated carbocycles. The lowest BCUT2D eigenvalue weighted by Gasteiger charge is -2.10. The molecule has 180 valence electrons. The van der Waals surface area contributed by atoms with Crippen LogP contribution in [0.1, 0.15) is 28.2 Å². The largest absolute Gasteiger partial charge is 0.481 e. The van der Waals surface area contributed by atoms with Crippen molar-refractivity contribution in [2.75, 3.05) is 0 Å². The van der Waals surface area contributed by atoms with Crippen molar-refractivity contribution in [3.63, 3.8) is 0 Å². The Morgan fingerprint density at radius 2 is 1.56 bits per heavy atom. The Hall–Kier alpha value is -4.46. The standard InChI is InChI=1S/C28H20F3N3O2/c29-20-12-19(27(31)21(30)14-20)13-23-28-33-22(11-17-7-3-1-4-8-17)25(15-26(35)36)34(28)16-24(32-23)18-9-5-2-6-10-18/h1-10,12,14,16H,11,13,15H2,(H,35,36). The van der Waals surface area contributed by atoms with Gasteiger partial charge < -0.3 is 5.11 Å². The smallest absolute Gasteiger partial charge is 0.309 e. The van der Waals surface area contributed by atoms with E-state index in [4.69, 9.17) is 4.98 Å². The molecule has 0 radical (unpaired) electrons. The first-order chi connectivity index (χ1) is 17.4. The maximum absolute atomic E-state index is 14.6. The van der Waals surface area contributed by atoms with Crippen molar-refractivity contribution in [2.45, 2.75) is 19.3 Å². The van der Waals surface area contributed by atoms with E-state index in [2.05, 4.69) is 4.98 Å². The molecule has 0 aliphatic carbocycles. The van der Waals surface area contributed by atoms with Crippen molar-refractivity contribution in [2.24, 2.45) is 0 Å². The van der Waals surface area contributed by atoms with E-state index in [-0.39, 0.29) is 24.1 Å². The molecular weight excluding hydrogens is 467 g/mol. The van der Waals surface area contributed by atoms with E-state index in [1.807, 2.05) is 60.7 Å². The highest BCUT2D eigenvalue weighted by Gasteiger charge is 2.21. The van der Waals surface area contributed by atoms with E-state index in [0.29, 0.717) is 35.2 Å². The Kier molecular flexibility index (Phi) is 6.25. The van der Waals surface area contributed by atoms with Gasteiger partial charge in [0.05, 0.1) is 29.2 Å². The number of aliphatic carboxylic acids is 1. The fraction of sp³-hybridized carbons (Fsp3) is 0.107. The van der Waals surface area contributed by atoms with Crippen molar-refractivity contribution in [1.82, 2.24) is 14.4 Å². The number of carbonyl (C=O) groups is 1. The van der Waals surface area contributed by atoms with Gasteiger partial charge in [0.15, 0.2) is 17.3 Å². The fourth-order valence-corrected chi connectivity index (χ4v) is 4.25. The van der Waals surface area contributed by atoms with Gasteiger partial charge in [-0.05, 0) is 17.2 Å². The highest BCUT2D eigenvalue weighted by molar-refractivity contribution is 5.71. The van der Waals surface area contributed by atoms with Crippen LogP contribution in [0.2, 0.25) is 0 Å². The number of fused-ring (bicyclic) bond motifs is 1. The Morgan fingerprint density at radius 3 is 2.25 bits per heavy atom. The number of aromatic nitrogens is 3. The van der Waals surface area contributed by atoms with Crippen LogP contribution in [0.15, 0.2) is 79.0 Å². The van der Waals surface area contributed by atoms with Crippen molar-refractivity contribution in [3.05, 3.63) is 125 Å². The third-order valence-corrected chi connectivity index (χ3v) is 5.89. The Morgan fingerprint density at radius 1 is 0.861 bits per heavy atom. The van der Waals surface area contributed by atoms with Crippen LogP contribution in [-0.4, -0.2) is 25.4 Å². The van der Waals surface area contributed by atoms with E-state index < -0.39 is 23.4 Å². The van der Waals surface area contributed by atoms with E-state index >= 15 is 0 Å². The van der Waals surface area contributed by atoms with E-state index in [1.165, 1.54) is 0 Å². The monoisotopic (exact) mass is 487 g/mol. The van der Waals surface area contributed by atoms with Gasteiger partial charge in [0.1, 0.15) is 5.82 Å². The molecule has 0 aliphatic heterocycles. The predicted octanol–water partition coefficient (Wildman–Crippen LogP) is 5.62. The van der Waals surface area contributed by atoms with Crippen LogP contribution in [-0.2, 0) is 24.1 Å². The van der Waals surface area contributed by atoms with Crippen LogP contribution in [0.25, 0.3) is 16.9 Å². The number of benzene rings is 3. The Labute approximate surface area is 204 Å². The van der Waals surface area contributed by atoms with Crippen LogP contribution in [0.3, 0.4) is 0 Å². The molecule has 5 nitrogen and oxygen atoms in total. The zero-order chi connectivity index (χ0) is 25.2. The molecule has 0 unspecified atom stereocenters. The van der Waals surface area contributed by atoms with Crippen LogP contribution in [0, 0.1) is 17.5 Å². The van der Waals surface area contributed by atoms with Gasteiger partial charge in [0.2, 0.25) is 0 Å². The molecule has 0 aliphatic rings. The van der Waals surface area contributed by atoms with Gasteiger partial charge in [0.25, 0.3) is 0 Å². The van der Waals surface area contributed by atoms with Gasteiger partial charge in [-0.1, -0.05) is 60.7 Å². The van der Waals surface area contributed by atoms with Crippen molar-refractivity contribution in [3.8, 4) is 11.3 Å². The van der Waals surface area contributed by atoms with Crippen molar-refractivity contribution >= 4 is 11.6 Å². The van der Waals surface area contributed by atoms with Crippen molar-refractivity contribution in [1.29, 1.82) is 0 Å². The lowest BCUT2D eigenvalue weighted by atomic mass is 10.1. The van der Waals surface area contributed by atoms with Crippen molar-refractivity contribution < 1.29 is 23.1 Å². The molecule has 0 atom stereocenters. The Bertz CT molecular complexity index is 1570. The zero-order valence-corrected chi connectivity index (χ0v) is 19.0. The molecule has 1 N–H and O–H groups in total. The van der Waals surface area contributed by atoms with Gasteiger partial charge in [-0.15, -0.1) is 0 Å². The molecule has 0 saturated heterocycles. The first kappa shape index (κ1) is 23.3. The van der Waals surface area contributed by atoms with E-state index in [0.717, 1.165) is 17.2 Å². The minimum atomic E-state index is -1.29. The third-order valence-electron chi connectivity index (χ3n) is 5.89. The summed E-state index contributed by atoms with van der Waals surface area (Å²) in [5.74, 6) is -4.40. The number of imidazole rings is 1. The molecule has 8 heteroatoms. The summed E-state index contributed by atoms with van der Waals surface area (Å²) in [4.78, 5) is 21.1. The number of hydrogen-bond acceptors (Lipinski definition) is 3. The topological polar surface area (TPSA) is 67.5 Å². The second-order valence-corrected chi connectivity index (χ2v) is 8.41. The number of nitrogens with zero attached hydrogens (tertiary/aromatic N) is 3. The first-order valence-electron chi connectivity index (χ1n) is 11.2. The van der Waals surface area contributed by atoms with E-state index in [1.54, 1.807) is 10.6 Å². The fourth-order valence-electron chi connectivity index (χ4n) is 4.25. The van der Waals surface area contributed by atoms with Gasteiger partial charge in [-0.25, -0.2) is 23.1 Å². The Balaban J connectivity index is 1.74. The van der Waals surface area contributed by atoms with Gasteiger partial charge in [-0.3, -0.25) is 9.20 Å². The van der Waals surface area contributed by atoms with Gasteiger partial charge >= 0.3 is 5.97 Å². The first-order valence-corrected chi connectivity index (χ1v) is 11.2. The summed E-state index contributed by atoms with van der Waals surface area (Å²) in [5, 5.41) is 9.63. The number of carboxylic acids is 1. The predicted molar refractivity (Wildman–Crippen MR) is 128 cm³/mol. The molecule has 5 rings (SSSR count). The maximum atomic E-state index is 14.6. The normalized spacial score (nSPS) is 11.2. The van der Waals surface area contributed by atoms with Crippen LogP contribution < -0.4 is 0 Å². The number of hydrogen-bond donors (Lipinski definition) is 1. The van der Waals surface area contributed by atoms with Crippen LogP contribution in [0.5, 0.6) is 0 Å². The summed E-state index contributed by atoms with van der Waals surface area (Å²) in [6, 6.07) is 20.0. The van der Waals surface area contributed by atoms with Gasteiger partial charge in [-0.2, -0.15) is 0 Å². The molecule has 0 bridgehead atoms. The minimum Gasteiger partial charge on any atom is -0.481 e. The minimum absolute atomic E-state index is 0.209. The second-order valence-electron chi connectivity index (χ2n) is 8.41. The summed E-state index contributed by atoms with van der Waals surface area (Å²) in [7, 11) is 0. The molecule has 2 heterocycles.